The maximum Gasteiger partial charge on any atom is 0.0509 e. The molecule has 3 atom stereocenters. The Morgan fingerprint density at radius 3 is 2.56 bits per heavy atom. The lowest BCUT2D eigenvalue weighted by atomic mass is 9.91. The molecule has 0 spiro atoms. The van der Waals surface area contributed by atoms with Crippen molar-refractivity contribution in [1.29, 1.82) is 0 Å². The van der Waals surface area contributed by atoms with Gasteiger partial charge in [0.05, 0.1) is 6.61 Å². The third-order valence-corrected chi connectivity index (χ3v) is 3.97. The lowest BCUT2D eigenvalue weighted by Gasteiger charge is -2.41. The third-order valence-electron chi connectivity index (χ3n) is 3.97. The molecule has 0 aromatic heterocycles. The highest BCUT2D eigenvalue weighted by Crippen LogP contribution is 2.22. The molecule has 4 heteroatoms. The molecule has 1 aliphatic heterocycles. The van der Waals surface area contributed by atoms with E-state index in [-0.39, 0.29) is 0 Å². The molecular formula is C14H31N3O. The highest BCUT2D eigenvalue weighted by Gasteiger charge is 2.30. The predicted molar refractivity (Wildman–Crippen MR) is 76.8 cm³/mol. The van der Waals surface area contributed by atoms with Crippen LogP contribution in [0.1, 0.15) is 26.7 Å². The van der Waals surface area contributed by atoms with Crippen molar-refractivity contribution in [2.24, 2.45) is 11.7 Å². The molecule has 0 bridgehead atoms. The number of rotatable bonds is 7. The highest BCUT2D eigenvalue weighted by atomic mass is 16.5. The van der Waals surface area contributed by atoms with E-state index in [0.29, 0.717) is 18.0 Å². The van der Waals surface area contributed by atoms with Crippen molar-refractivity contribution in [3.8, 4) is 0 Å². The van der Waals surface area contributed by atoms with Gasteiger partial charge in [-0.2, -0.15) is 0 Å². The number of nitrogens with two attached hydrogens (primary N) is 1. The zero-order valence-corrected chi connectivity index (χ0v) is 12.6. The van der Waals surface area contributed by atoms with Crippen molar-refractivity contribution in [2.75, 3.05) is 46.9 Å². The van der Waals surface area contributed by atoms with Crippen molar-refractivity contribution in [2.45, 2.75) is 38.8 Å². The summed E-state index contributed by atoms with van der Waals surface area (Å²) in [6.07, 6.45) is 2.44. The predicted octanol–water partition coefficient (Wildman–Crippen LogP) is 1.01. The molecule has 108 valence electrons. The number of ether oxygens (including phenoxy) is 1. The van der Waals surface area contributed by atoms with Crippen LogP contribution in [0.25, 0.3) is 0 Å². The Hall–Kier alpha value is -0.160. The van der Waals surface area contributed by atoms with Crippen LogP contribution in [-0.2, 0) is 4.74 Å². The van der Waals surface area contributed by atoms with Gasteiger partial charge in [0.15, 0.2) is 0 Å². The molecule has 2 N–H and O–H groups in total. The van der Waals surface area contributed by atoms with Crippen LogP contribution < -0.4 is 5.73 Å². The minimum atomic E-state index is 0.463. The van der Waals surface area contributed by atoms with E-state index < -0.39 is 0 Å². The molecular weight excluding hydrogens is 226 g/mol. The summed E-state index contributed by atoms with van der Waals surface area (Å²) in [5, 5.41) is 0. The van der Waals surface area contributed by atoms with Crippen LogP contribution in [0.15, 0.2) is 0 Å². The van der Waals surface area contributed by atoms with Crippen LogP contribution in [-0.4, -0.2) is 68.8 Å². The fourth-order valence-electron chi connectivity index (χ4n) is 3.17. The van der Waals surface area contributed by atoms with Crippen LogP contribution in [0.3, 0.4) is 0 Å². The normalized spacial score (nSPS) is 24.5. The van der Waals surface area contributed by atoms with Crippen molar-refractivity contribution in [3.05, 3.63) is 0 Å². The average Bonchev–Trinajstić information content (AvgIpc) is 2.35. The summed E-state index contributed by atoms with van der Waals surface area (Å²) >= 11 is 0. The molecule has 4 nitrogen and oxygen atoms in total. The van der Waals surface area contributed by atoms with Gasteiger partial charge < -0.3 is 15.4 Å². The van der Waals surface area contributed by atoms with E-state index in [9.17, 15) is 0 Å². The van der Waals surface area contributed by atoms with Gasteiger partial charge in [0.1, 0.15) is 0 Å². The summed E-state index contributed by atoms with van der Waals surface area (Å²) in [7, 11) is 4.26. The summed E-state index contributed by atoms with van der Waals surface area (Å²) in [6.45, 7) is 9.22. The van der Waals surface area contributed by atoms with Crippen LogP contribution in [0.4, 0.5) is 0 Å². The highest BCUT2D eigenvalue weighted by molar-refractivity contribution is 4.85. The van der Waals surface area contributed by atoms with Gasteiger partial charge >= 0.3 is 0 Å². The largest absolute Gasteiger partial charge is 0.381 e. The van der Waals surface area contributed by atoms with Crippen LogP contribution >= 0.6 is 0 Å². The molecule has 0 aliphatic carbocycles. The minimum Gasteiger partial charge on any atom is -0.381 e. The Balaban J connectivity index is 2.63. The standard InChI is InChI=1S/C14H31N3O/c1-5-17(12(2)10-16(3)4)14(9-15)13-7-6-8-18-11-13/h12-14H,5-11,15H2,1-4H3. The second-order valence-corrected chi connectivity index (χ2v) is 5.72. The first-order chi connectivity index (χ1) is 8.60. The molecule has 0 saturated carbocycles. The van der Waals surface area contributed by atoms with Gasteiger partial charge in [-0.3, -0.25) is 4.90 Å². The molecule has 0 radical (unpaired) electrons. The molecule has 18 heavy (non-hydrogen) atoms. The quantitative estimate of drug-likeness (QED) is 0.739. The third kappa shape index (κ3) is 4.50. The summed E-state index contributed by atoms with van der Waals surface area (Å²) < 4.78 is 5.63. The Kier molecular flexibility index (Phi) is 7.15. The van der Waals surface area contributed by atoms with Crippen molar-refractivity contribution >= 4 is 0 Å². The first kappa shape index (κ1) is 15.9. The van der Waals surface area contributed by atoms with Gasteiger partial charge in [0.2, 0.25) is 0 Å². The lowest BCUT2D eigenvalue weighted by molar-refractivity contribution is -0.000257. The van der Waals surface area contributed by atoms with E-state index in [2.05, 4.69) is 37.7 Å². The molecule has 1 fully saturated rings. The van der Waals surface area contributed by atoms with Crippen LogP contribution in [0, 0.1) is 5.92 Å². The molecule has 1 rings (SSSR count). The van der Waals surface area contributed by atoms with E-state index in [1.165, 1.54) is 12.8 Å². The van der Waals surface area contributed by atoms with Crippen molar-refractivity contribution in [1.82, 2.24) is 9.80 Å². The number of hydrogen-bond donors (Lipinski definition) is 1. The van der Waals surface area contributed by atoms with E-state index >= 15 is 0 Å². The maximum absolute atomic E-state index is 6.04. The second-order valence-electron chi connectivity index (χ2n) is 5.72. The molecule has 3 unspecified atom stereocenters. The Morgan fingerprint density at radius 1 is 1.39 bits per heavy atom. The Bertz CT molecular complexity index is 217. The summed E-state index contributed by atoms with van der Waals surface area (Å²) in [5.41, 5.74) is 6.04. The van der Waals surface area contributed by atoms with Gasteiger partial charge in [0, 0.05) is 31.8 Å². The summed E-state index contributed by atoms with van der Waals surface area (Å²) in [4.78, 5) is 4.80. The molecule has 1 saturated heterocycles. The SMILES string of the molecule is CCN(C(C)CN(C)C)C(CN)C1CCCOC1. The van der Waals surface area contributed by atoms with Gasteiger partial charge in [-0.25, -0.2) is 0 Å². The van der Waals surface area contributed by atoms with E-state index in [0.717, 1.165) is 32.8 Å². The van der Waals surface area contributed by atoms with Crippen molar-refractivity contribution < 1.29 is 4.74 Å². The topological polar surface area (TPSA) is 41.7 Å². The van der Waals surface area contributed by atoms with Crippen LogP contribution in [0.5, 0.6) is 0 Å². The number of hydrogen-bond acceptors (Lipinski definition) is 4. The van der Waals surface area contributed by atoms with Gasteiger partial charge in [-0.1, -0.05) is 6.92 Å². The van der Waals surface area contributed by atoms with Crippen molar-refractivity contribution in [3.63, 3.8) is 0 Å². The molecule has 1 heterocycles. The Morgan fingerprint density at radius 2 is 2.11 bits per heavy atom. The van der Waals surface area contributed by atoms with Gasteiger partial charge in [0.25, 0.3) is 0 Å². The first-order valence-electron chi connectivity index (χ1n) is 7.28. The van der Waals surface area contributed by atoms with Gasteiger partial charge in [-0.15, -0.1) is 0 Å². The van der Waals surface area contributed by atoms with E-state index in [4.69, 9.17) is 10.5 Å². The number of nitrogens with zero attached hydrogens (tertiary/aromatic N) is 2. The van der Waals surface area contributed by atoms with E-state index in [1.54, 1.807) is 0 Å². The second kappa shape index (κ2) is 8.10. The number of likely N-dealkylation sites (N-methyl/N-ethyl adjacent to an activating group) is 2. The van der Waals surface area contributed by atoms with Gasteiger partial charge in [-0.05, 0) is 46.3 Å². The summed E-state index contributed by atoms with van der Waals surface area (Å²) in [5.74, 6) is 0.605. The Labute approximate surface area is 112 Å². The van der Waals surface area contributed by atoms with Crippen LogP contribution in [0.2, 0.25) is 0 Å². The maximum atomic E-state index is 6.04. The first-order valence-corrected chi connectivity index (χ1v) is 7.28. The smallest absolute Gasteiger partial charge is 0.0509 e. The molecule has 0 aromatic rings. The zero-order chi connectivity index (χ0) is 13.5. The summed E-state index contributed by atoms with van der Waals surface area (Å²) in [6, 6.07) is 1.01. The monoisotopic (exact) mass is 257 g/mol. The molecule has 0 aromatic carbocycles. The zero-order valence-electron chi connectivity index (χ0n) is 12.6. The molecule has 0 amide bonds. The minimum absolute atomic E-state index is 0.463. The molecule has 1 aliphatic rings. The van der Waals surface area contributed by atoms with E-state index in [1.807, 2.05) is 0 Å². The fourth-order valence-corrected chi connectivity index (χ4v) is 3.17. The lowest BCUT2D eigenvalue weighted by Crippen LogP contribution is -2.53. The fraction of sp³-hybridized carbons (Fsp3) is 1.00. The average molecular weight is 257 g/mol.